The Bertz CT molecular complexity index is 874. The lowest BCUT2D eigenvalue weighted by molar-refractivity contribution is 0.125. The second-order valence-electron chi connectivity index (χ2n) is 6.68. The predicted molar refractivity (Wildman–Crippen MR) is 107 cm³/mol. The number of allylic oxidation sites excluding steroid dienone is 2. The van der Waals surface area contributed by atoms with E-state index in [2.05, 4.69) is 42.6 Å². The topological polar surface area (TPSA) is 30.5 Å². The highest BCUT2D eigenvalue weighted by Crippen LogP contribution is 2.50. The quantitative estimate of drug-likeness (QED) is 0.780. The van der Waals surface area contributed by atoms with E-state index in [0.717, 1.165) is 24.5 Å². The van der Waals surface area contributed by atoms with Gasteiger partial charge in [0.05, 0.1) is 11.5 Å². The van der Waals surface area contributed by atoms with Crippen molar-refractivity contribution < 1.29 is 9.47 Å². The molecule has 1 aliphatic heterocycles. The number of ether oxygens (including phenoxy) is 2. The van der Waals surface area contributed by atoms with Crippen molar-refractivity contribution in [3.05, 3.63) is 76.8 Å². The van der Waals surface area contributed by atoms with Crippen LogP contribution < -0.4 is 14.8 Å². The summed E-state index contributed by atoms with van der Waals surface area (Å²) in [5.41, 5.74) is 2.04. The number of benzene rings is 2. The van der Waals surface area contributed by atoms with Crippen molar-refractivity contribution in [2.45, 2.75) is 37.3 Å². The molecule has 0 spiro atoms. The number of hydrogen-bond acceptors (Lipinski definition) is 4. The van der Waals surface area contributed by atoms with E-state index in [1.54, 1.807) is 0 Å². The Labute approximate surface area is 159 Å². The minimum Gasteiger partial charge on any atom is -0.494 e. The zero-order valence-electron chi connectivity index (χ0n) is 15.1. The summed E-state index contributed by atoms with van der Waals surface area (Å²) < 4.78 is 12.1. The van der Waals surface area contributed by atoms with Gasteiger partial charge in [0.25, 0.3) is 0 Å². The molecular weight excluding hydrogens is 342 g/mol. The van der Waals surface area contributed by atoms with Crippen LogP contribution in [0.3, 0.4) is 0 Å². The molecule has 26 heavy (non-hydrogen) atoms. The van der Waals surface area contributed by atoms with Crippen molar-refractivity contribution in [3.63, 3.8) is 0 Å². The van der Waals surface area contributed by atoms with Gasteiger partial charge in [-0.25, -0.2) is 0 Å². The maximum atomic E-state index is 6.37. The maximum Gasteiger partial charge on any atom is 0.143 e. The Morgan fingerprint density at radius 2 is 1.92 bits per heavy atom. The van der Waals surface area contributed by atoms with Crippen LogP contribution in [0.2, 0.25) is 0 Å². The Balaban J connectivity index is 1.49. The Hall–Kier alpha value is -2.33. The molecule has 0 fully saturated rings. The molecule has 4 heteroatoms. The Morgan fingerprint density at radius 3 is 2.81 bits per heavy atom. The first-order chi connectivity index (χ1) is 12.7. The number of rotatable bonds is 5. The summed E-state index contributed by atoms with van der Waals surface area (Å²) in [4.78, 5) is 2.45. The standard InChI is InChI=1S/C22H23NO2S/c1-3-24-18-9-5-4-8-16(18)15-23-17-12-13-21-22(2,14-17)25-19-10-6-7-11-20(19)26-21/h4-13,23H,3,14-15H2,1-2H3. The molecule has 4 rings (SSSR count). The Kier molecular flexibility index (Phi) is 4.68. The van der Waals surface area contributed by atoms with Crippen molar-refractivity contribution in [3.8, 4) is 11.5 Å². The average molecular weight is 365 g/mol. The van der Waals surface area contributed by atoms with Crippen LogP contribution >= 0.6 is 11.8 Å². The van der Waals surface area contributed by atoms with Gasteiger partial charge in [-0.3, -0.25) is 0 Å². The number of para-hydroxylation sites is 2. The van der Waals surface area contributed by atoms with Crippen LogP contribution in [0.25, 0.3) is 0 Å². The molecule has 134 valence electrons. The monoisotopic (exact) mass is 365 g/mol. The van der Waals surface area contributed by atoms with Gasteiger partial charge in [0.2, 0.25) is 0 Å². The zero-order chi connectivity index (χ0) is 18.0. The summed E-state index contributed by atoms with van der Waals surface area (Å²) in [6.07, 6.45) is 5.18. The number of nitrogens with one attached hydrogen (secondary N) is 1. The third-order valence-corrected chi connectivity index (χ3v) is 6.01. The smallest absolute Gasteiger partial charge is 0.143 e. The van der Waals surface area contributed by atoms with E-state index in [1.165, 1.54) is 21.1 Å². The molecule has 1 aliphatic carbocycles. The van der Waals surface area contributed by atoms with Crippen molar-refractivity contribution in [2.75, 3.05) is 6.61 Å². The summed E-state index contributed by atoms with van der Waals surface area (Å²) in [5.74, 6) is 1.92. The summed E-state index contributed by atoms with van der Waals surface area (Å²) in [7, 11) is 0. The minimum atomic E-state index is -0.310. The lowest BCUT2D eigenvalue weighted by Crippen LogP contribution is -2.39. The molecule has 2 aromatic carbocycles. The molecule has 1 unspecified atom stereocenters. The van der Waals surface area contributed by atoms with Crippen LogP contribution in [-0.2, 0) is 6.54 Å². The lowest BCUT2D eigenvalue weighted by atomic mass is 9.94. The normalized spacial score (nSPS) is 20.8. The largest absolute Gasteiger partial charge is 0.494 e. The van der Waals surface area contributed by atoms with Crippen LogP contribution in [-0.4, -0.2) is 12.2 Å². The molecule has 1 N–H and O–H groups in total. The molecule has 1 atom stereocenters. The fraction of sp³-hybridized carbons (Fsp3) is 0.273. The van der Waals surface area contributed by atoms with Crippen molar-refractivity contribution in [1.82, 2.24) is 5.32 Å². The van der Waals surface area contributed by atoms with Crippen LogP contribution in [0.5, 0.6) is 11.5 Å². The van der Waals surface area contributed by atoms with Gasteiger partial charge >= 0.3 is 0 Å². The molecule has 0 radical (unpaired) electrons. The molecule has 0 aromatic heterocycles. The SMILES string of the molecule is CCOc1ccccc1CNC1=CC=C2Sc3ccccc3OC2(C)C1. The fourth-order valence-electron chi connectivity index (χ4n) is 3.35. The lowest BCUT2D eigenvalue weighted by Gasteiger charge is -2.40. The van der Waals surface area contributed by atoms with Crippen LogP contribution in [0.4, 0.5) is 0 Å². The second kappa shape index (κ2) is 7.12. The van der Waals surface area contributed by atoms with Gasteiger partial charge in [-0.2, -0.15) is 0 Å². The van der Waals surface area contributed by atoms with Crippen LogP contribution in [0.1, 0.15) is 25.8 Å². The van der Waals surface area contributed by atoms with Crippen LogP contribution in [0.15, 0.2) is 76.2 Å². The van der Waals surface area contributed by atoms with Gasteiger partial charge in [-0.15, -0.1) is 0 Å². The highest BCUT2D eigenvalue weighted by Gasteiger charge is 2.39. The first-order valence-electron chi connectivity index (χ1n) is 9.00. The zero-order valence-corrected chi connectivity index (χ0v) is 15.9. The predicted octanol–water partition coefficient (Wildman–Crippen LogP) is 5.29. The molecule has 2 aromatic rings. The highest BCUT2D eigenvalue weighted by atomic mass is 32.2. The van der Waals surface area contributed by atoms with Crippen molar-refractivity contribution >= 4 is 11.8 Å². The molecule has 0 saturated carbocycles. The molecule has 0 amide bonds. The van der Waals surface area contributed by atoms with E-state index in [9.17, 15) is 0 Å². The molecule has 2 aliphatic rings. The van der Waals surface area contributed by atoms with E-state index in [4.69, 9.17) is 9.47 Å². The third-order valence-electron chi connectivity index (χ3n) is 4.67. The summed E-state index contributed by atoms with van der Waals surface area (Å²) in [6.45, 7) is 5.60. The van der Waals surface area contributed by atoms with Crippen LogP contribution in [0, 0.1) is 0 Å². The molecule has 1 heterocycles. The molecular formula is C22H23NO2S. The van der Waals surface area contributed by atoms with Crippen molar-refractivity contribution in [2.24, 2.45) is 0 Å². The first kappa shape index (κ1) is 17.1. The summed E-state index contributed by atoms with van der Waals surface area (Å²) in [6, 6.07) is 16.4. The van der Waals surface area contributed by atoms with Gasteiger partial charge in [0.15, 0.2) is 0 Å². The minimum absolute atomic E-state index is 0.310. The Morgan fingerprint density at radius 1 is 1.12 bits per heavy atom. The molecule has 0 saturated heterocycles. The van der Waals surface area contributed by atoms with Gasteiger partial charge in [-0.05, 0) is 44.2 Å². The van der Waals surface area contributed by atoms with E-state index >= 15 is 0 Å². The number of fused-ring (bicyclic) bond motifs is 2. The molecule has 0 bridgehead atoms. The summed E-state index contributed by atoms with van der Waals surface area (Å²) in [5, 5.41) is 3.57. The van der Waals surface area contributed by atoms with Crippen molar-refractivity contribution in [1.29, 1.82) is 0 Å². The first-order valence-corrected chi connectivity index (χ1v) is 9.81. The second-order valence-corrected chi connectivity index (χ2v) is 7.76. The van der Waals surface area contributed by atoms with Gasteiger partial charge in [0.1, 0.15) is 17.1 Å². The third kappa shape index (κ3) is 3.34. The summed E-state index contributed by atoms with van der Waals surface area (Å²) >= 11 is 1.81. The van der Waals surface area contributed by atoms with Gasteiger partial charge < -0.3 is 14.8 Å². The average Bonchev–Trinajstić information content (AvgIpc) is 2.65. The van der Waals surface area contributed by atoms with E-state index in [1.807, 2.05) is 49.0 Å². The number of thioether (sulfide) groups is 1. The van der Waals surface area contributed by atoms with Gasteiger partial charge in [0, 0.05) is 29.1 Å². The maximum absolute atomic E-state index is 6.37. The van der Waals surface area contributed by atoms with Gasteiger partial charge in [-0.1, -0.05) is 42.1 Å². The highest BCUT2D eigenvalue weighted by molar-refractivity contribution is 8.03. The van der Waals surface area contributed by atoms with E-state index < -0.39 is 0 Å². The molecule has 3 nitrogen and oxygen atoms in total. The van der Waals surface area contributed by atoms with E-state index in [-0.39, 0.29) is 5.60 Å². The number of hydrogen-bond donors (Lipinski definition) is 1. The van der Waals surface area contributed by atoms with E-state index in [0.29, 0.717) is 6.61 Å². The fourth-order valence-corrected chi connectivity index (χ4v) is 4.41.